The van der Waals surface area contributed by atoms with Crippen molar-refractivity contribution in [3.8, 4) is 0 Å². The summed E-state index contributed by atoms with van der Waals surface area (Å²) in [5.41, 5.74) is 1.55. The summed E-state index contributed by atoms with van der Waals surface area (Å²) >= 11 is 0. The number of guanidine groups is 1. The minimum Gasteiger partial charge on any atom is -0.384 e. The van der Waals surface area contributed by atoms with Gasteiger partial charge in [0.05, 0.1) is 18.8 Å². The number of hydrogen-bond acceptors (Lipinski definition) is 4. The van der Waals surface area contributed by atoms with Crippen LogP contribution in [0.5, 0.6) is 0 Å². The van der Waals surface area contributed by atoms with Gasteiger partial charge in [-0.05, 0) is 30.5 Å². The first-order chi connectivity index (χ1) is 13.2. The third kappa shape index (κ3) is 9.14. The second-order valence-electron chi connectivity index (χ2n) is 7.08. The number of halogens is 1. The number of nitrogens with zero attached hydrogens (tertiary/aromatic N) is 1. The lowest BCUT2D eigenvalue weighted by molar-refractivity contribution is 0.0617. The molecule has 0 bridgehead atoms. The van der Waals surface area contributed by atoms with Crippen LogP contribution in [-0.4, -0.2) is 38.8 Å². The molecule has 0 spiro atoms. The summed E-state index contributed by atoms with van der Waals surface area (Å²) in [5.74, 6) is 0.647. The Labute approximate surface area is 190 Å². The molecule has 3 N–H and O–H groups in total. The SMILES string of the molecule is CCNC(=NCc1ccc(CS(C)(=O)=O)cc1)NCC(C)(O)c1ccccc1.I. The minimum atomic E-state index is -3.04. The van der Waals surface area contributed by atoms with Gasteiger partial charge in [-0.1, -0.05) is 54.6 Å². The quantitative estimate of drug-likeness (QED) is 0.277. The standard InChI is InChI=1S/C21H29N3O3S.HI/c1-4-22-20(24-16-21(2,25)19-8-6-5-7-9-19)23-14-17-10-12-18(13-11-17)15-28(3,26)27;/h5-13,25H,4,14-16H2,1-3H3,(H2,22,23,24);1H. The Morgan fingerprint density at radius 2 is 1.62 bits per heavy atom. The number of rotatable bonds is 8. The highest BCUT2D eigenvalue weighted by Crippen LogP contribution is 2.18. The van der Waals surface area contributed by atoms with Crippen LogP contribution in [0.3, 0.4) is 0 Å². The van der Waals surface area contributed by atoms with Gasteiger partial charge in [-0.2, -0.15) is 0 Å². The van der Waals surface area contributed by atoms with E-state index in [0.717, 1.165) is 16.7 Å². The molecule has 0 heterocycles. The molecule has 0 aliphatic heterocycles. The Morgan fingerprint density at radius 1 is 1.03 bits per heavy atom. The Balaban J connectivity index is 0.00000420. The molecule has 0 saturated carbocycles. The molecular formula is C21H30IN3O3S. The number of aliphatic hydroxyl groups is 1. The third-order valence-corrected chi connectivity index (χ3v) is 5.07. The normalized spacial score (nSPS) is 13.9. The van der Waals surface area contributed by atoms with E-state index in [1.54, 1.807) is 6.92 Å². The van der Waals surface area contributed by atoms with E-state index in [2.05, 4.69) is 15.6 Å². The summed E-state index contributed by atoms with van der Waals surface area (Å²) in [4.78, 5) is 4.55. The summed E-state index contributed by atoms with van der Waals surface area (Å²) in [6.45, 7) is 5.21. The van der Waals surface area contributed by atoms with Crippen LogP contribution < -0.4 is 10.6 Å². The van der Waals surface area contributed by atoms with Gasteiger partial charge in [0, 0.05) is 12.8 Å². The second kappa shape index (κ2) is 11.5. The minimum absolute atomic E-state index is 0. The summed E-state index contributed by atoms with van der Waals surface area (Å²) < 4.78 is 22.7. The summed E-state index contributed by atoms with van der Waals surface area (Å²) in [5, 5.41) is 17.1. The van der Waals surface area contributed by atoms with Crippen molar-refractivity contribution in [3.05, 3.63) is 71.3 Å². The Kier molecular flexibility index (Phi) is 10.1. The summed E-state index contributed by atoms with van der Waals surface area (Å²) in [6, 6.07) is 16.9. The lowest BCUT2D eigenvalue weighted by atomic mass is 9.96. The zero-order chi connectivity index (χ0) is 20.6. The molecule has 29 heavy (non-hydrogen) atoms. The van der Waals surface area contributed by atoms with Crippen LogP contribution in [0.25, 0.3) is 0 Å². The van der Waals surface area contributed by atoms with Crippen molar-refractivity contribution >= 4 is 39.8 Å². The maximum Gasteiger partial charge on any atom is 0.191 e. The van der Waals surface area contributed by atoms with Crippen LogP contribution in [-0.2, 0) is 27.7 Å². The maximum absolute atomic E-state index is 11.4. The molecule has 1 unspecified atom stereocenters. The molecule has 0 saturated heterocycles. The van der Waals surface area contributed by atoms with Crippen molar-refractivity contribution in [1.29, 1.82) is 0 Å². The van der Waals surface area contributed by atoms with Crippen molar-refractivity contribution < 1.29 is 13.5 Å². The average Bonchev–Trinajstić information content (AvgIpc) is 2.65. The van der Waals surface area contributed by atoms with E-state index in [-0.39, 0.29) is 29.7 Å². The number of aliphatic imine (C=N–C) groups is 1. The van der Waals surface area contributed by atoms with Gasteiger partial charge in [0.15, 0.2) is 15.8 Å². The van der Waals surface area contributed by atoms with Gasteiger partial charge in [-0.25, -0.2) is 13.4 Å². The lowest BCUT2D eigenvalue weighted by Gasteiger charge is -2.25. The molecule has 6 nitrogen and oxygen atoms in total. The Hall–Kier alpha value is -1.65. The molecule has 0 fully saturated rings. The second-order valence-corrected chi connectivity index (χ2v) is 9.22. The molecule has 8 heteroatoms. The van der Waals surface area contributed by atoms with Gasteiger partial charge in [0.25, 0.3) is 0 Å². The smallest absolute Gasteiger partial charge is 0.191 e. The van der Waals surface area contributed by atoms with Crippen LogP contribution in [0.15, 0.2) is 59.6 Å². The summed E-state index contributed by atoms with van der Waals surface area (Å²) in [7, 11) is -3.04. The largest absolute Gasteiger partial charge is 0.384 e. The van der Waals surface area contributed by atoms with E-state index < -0.39 is 15.4 Å². The number of hydrogen-bond donors (Lipinski definition) is 3. The topological polar surface area (TPSA) is 90.8 Å². The molecule has 0 aliphatic carbocycles. The fourth-order valence-corrected chi connectivity index (χ4v) is 3.51. The lowest BCUT2D eigenvalue weighted by Crippen LogP contribution is -2.44. The monoisotopic (exact) mass is 531 g/mol. The van der Waals surface area contributed by atoms with Gasteiger partial charge in [0.1, 0.15) is 5.60 Å². The van der Waals surface area contributed by atoms with Crippen molar-refractivity contribution in [1.82, 2.24) is 10.6 Å². The highest BCUT2D eigenvalue weighted by atomic mass is 127. The predicted octanol–water partition coefficient (Wildman–Crippen LogP) is 2.81. The van der Waals surface area contributed by atoms with Crippen LogP contribution >= 0.6 is 24.0 Å². The maximum atomic E-state index is 11.4. The highest BCUT2D eigenvalue weighted by molar-refractivity contribution is 14.0. The molecule has 2 aromatic rings. The third-order valence-electron chi connectivity index (χ3n) is 4.21. The molecule has 0 amide bonds. The predicted molar refractivity (Wildman–Crippen MR) is 129 cm³/mol. The van der Waals surface area contributed by atoms with E-state index in [4.69, 9.17) is 0 Å². The number of benzene rings is 2. The fourth-order valence-electron chi connectivity index (χ4n) is 2.71. The Bertz CT molecular complexity index is 883. The highest BCUT2D eigenvalue weighted by Gasteiger charge is 2.22. The van der Waals surface area contributed by atoms with Gasteiger partial charge in [-0.15, -0.1) is 24.0 Å². The van der Waals surface area contributed by atoms with E-state index in [0.29, 0.717) is 25.6 Å². The van der Waals surface area contributed by atoms with E-state index >= 15 is 0 Å². The van der Waals surface area contributed by atoms with Crippen molar-refractivity contribution in [3.63, 3.8) is 0 Å². The van der Waals surface area contributed by atoms with Gasteiger partial charge in [0.2, 0.25) is 0 Å². The molecular weight excluding hydrogens is 501 g/mol. The zero-order valence-electron chi connectivity index (χ0n) is 17.1. The first-order valence-electron chi connectivity index (χ1n) is 9.25. The molecule has 0 aromatic heterocycles. The van der Waals surface area contributed by atoms with Crippen LogP contribution in [0.2, 0.25) is 0 Å². The van der Waals surface area contributed by atoms with Gasteiger partial charge < -0.3 is 15.7 Å². The first-order valence-corrected chi connectivity index (χ1v) is 11.3. The van der Waals surface area contributed by atoms with Gasteiger partial charge >= 0.3 is 0 Å². The van der Waals surface area contributed by atoms with Crippen molar-refractivity contribution in [2.45, 2.75) is 31.7 Å². The van der Waals surface area contributed by atoms with Crippen LogP contribution in [0.1, 0.15) is 30.5 Å². The van der Waals surface area contributed by atoms with Crippen LogP contribution in [0.4, 0.5) is 0 Å². The average molecular weight is 531 g/mol. The van der Waals surface area contributed by atoms with E-state index in [1.165, 1.54) is 6.26 Å². The van der Waals surface area contributed by atoms with Crippen molar-refractivity contribution in [2.75, 3.05) is 19.3 Å². The molecule has 0 aliphatic rings. The Morgan fingerprint density at radius 3 is 2.17 bits per heavy atom. The molecule has 1 atom stereocenters. The van der Waals surface area contributed by atoms with Gasteiger partial charge in [-0.3, -0.25) is 0 Å². The van der Waals surface area contributed by atoms with Crippen LogP contribution in [0, 0.1) is 0 Å². The molecule has 0 radical (unpaired) electrons. The van der Waals surface area contributed by atoms with Crippen molar-refractivity contribution in [2.24, 2.45) is 4.99 Å². The fraction of sp³-hybridized carbons (Fsp3) is 0.381. The molecule has 2 aromatic carbocycles. The van der Waals surface area contributed by atoms with E-state index in [1.807, 2.05) is 61.5 Å². The number of sulfone groups is 1. The zero-order valence-corrected chi connectivity index (χ0v) is 20.2. The summed E-state index contributed by atoms with van der Waals surface area (Å²) in [6.07, 6.45) is 1.23. The first kappa shape index (κ1) is 25.4. The number of nitrogens with one attached hydrogen (secondary N) is 2. The van der Waals surface area contributed by atoms with E-state index in [9.17, 15) is 13.5 Å². The molecule has 2 rings (SSSR count). The molecule has 160 valence electrons.